The number of hydrogen-bond donors (Lipinski definition) is 0. The van der Waals surface area contributed by atoms with Crippen LogP contribution in [0.4, 0.5) is 4.79 Å². The largest absolute Gasteiger partial charge is 0.495 e. The van der Waals surface area contributed by atoms with Crippen molar-refractivity contribution in [1.29, 1.82) is 5.26 Å². The number of aromatic nitrogens is 3. The first-order valence-electron chi connectivity index (χ1n) is 10.8. The Hall–Kier alpha value is -3.90. The summed E-state index contributed by atoms with van der Waals surface area (Å²) in [5.41, 5.74) is 3.48. The van der Waals surface area contributed by atoms with E-state index in [-0.39, 0.29) is 12.7 Å². The summed E-state index contributed by atoms with van der Waals surface area (Å²) >= 11 is 0. The Morgan fingerprint density at radius 1 is 1.12 bits per heavy atom. The van der Waals surface area contributed by atoms with E-state index in [0.29, 0.717) is 36.6 Å². The zero-order valence-electron chi connectivity index (χ0n) is 18.6. The van der Waals surface area contributed by atoms with Crippen LogP contribution in [-0.2, 0) is 24.4 Å². The Bertz CT molecular complexity index is 1110. The molecule has 4 rings (SSSR count). The molecule has 170 valence electrons. The lowest BCUT2D eigenvalue weighted by molar-refractivity contribution is 0.0683. The molecule has 1 saturated heterocycles. The number of ether oxygens (including phenoxy) is 2. The van der Waals surface area contributed by atoms with Gasteiger partial charge in [-0.05, 0) is 29.8 Å². The van der Waals surface area contributed by atoms with Gasteiger partial charge in [-0.2, -0.15) is 5.26 Å². The molecule has 0 unspecified atom stereocenters. The molecule has 0 saturated carbocycles. The molecule has 0 N–H and O–H groups in total. The summed E-state index contributed by atoms with van der Waals surface area (Å²) in [5, 5.41) is 8.96. The van der Waals surface area contributed by atoms with Crippen molar-refractivity contribution in [3.8, 4) is 11.8 Å². The van der Waals surface area contributed by atoms with Gasteiger partial charge in [-0.25, -0.2) is 9.78 Å². The predicted molar refractivity (Wildman–Crippen MR) is 120 cm³/mol. The number of piperazine rings is 1. The van der Waals surface area contributed by atoms with Crippen molar-refractivity contribution in [2.45, 2.75) is 19.7 Å². The lowest BCUT2D eigenvalue weighted by Gasteiger charge is -2.34. The van der Waals surface area contributed by atoms with Gasteiger partial charge in [-0.3, -0.25) is 9.88 Å². The summed E-state index contributed by atoms with van der Waals surface area (Å²) in [6, 6.07) is 13.3. The third-order valence-electron chi connectivity index (χ3n) is 5.65. The van der Waals surface area contributed by atoms with Crippen molar-refractivity contribution < 1.29 is 14.3 Å². The van der Waals surface area contributed by atoms with Crippen molar-refractivity contribution in [1.82, 2.24) is 24.3 Å². The number of hydrogen-bond acceptors (Lipinski definition) is 7. The average molecular weight is 447 g/mol. The van der Waals surface area contributed by atoms with E-state index in [1.807, 2.05) is 36.8 Å². The van der Waals surface area contributed by atoms with Gasteiger partial charge in [0.2, 0.25) is 0 Å². The van der Waals surface area contributed by atoms with Gasteiger partial charge < -0.3 is 18.9 Å². The number of rotatable bonds is 7. The Kier molecular flexibility index (Phi) is 7.17. The van der Waals surface area contributed by atoms with E-state index in [9.17, 15) is 4.79 Å². The highest BCUT2D eigenvalue weighted by atomic mass is 16.6. The number of amides is 1. The Balaban J connectivity index is 1.26. The molecule has 0 aliphatic carbocycles. The van der Waals surface area contributed by atoms with Crippen LogP contribution in [0.3, 0.4) is 0 Å². The molecule has 3 heterocycles. The molecule has 1 fully saturated rings. The fraction of sp³-hybridized carbons (Fsp3) is 0.333. The fourth-order valence-corrected chi connectivity index (χ4v) is 3.76. The summed E-state index contributed by atoms with van der Waals surface area (Å²) in [5.74, 6) is 0.604. The van der Waals surface area contributed by atoms with Crippen molar-refractivity contribution >= 4 is 6.09 Å². The van der Waals surface area contributed by atoms with E-state index in [0.717, 1.165) is 30.9 Å². The molecule has 1 aliphatic rings. The molecule has 0 bridgehead atoms. The molecule has 3 aromatic rings. The highest BCUT2D eigenvalue weighted by Crippen LogP contribution is 2.17. The van der Waals surface area contributed by atoms with Crippen LogP contribution in [0.1, 0.15) is 22.5 Å². The standard InChI is InChI=1S/C24H26N6O3/c1-32-23-3-2-8-27-22(23)17-33-24(31)29-11-9-28(10-12-29)16-21-14-26-18-30(21)15-20-6-4-19(13-25)5-7-20/h2-8,14,18H,9-12,15-17H2,1H3. The molecular formula is C24H26N6O3. The highest BCUT2D eigenvalue weighted by Gasteiger charge is 2.23. The quantitative estimate of drug-likeness (QED) is 0.550. The van der Waals surface area contributed by atoms with Crippen molar-refractivity contribution in [3.63, 3.8) is 0 Å². The summed E-state index contributed by atoms with van der Waals surface area (Å²) < 4.78 is 12.8. The maximum Gasteiger partial charge on any atom is 0.410 e. The van der Waals surface area contributed by atoms with Gasteiger partial charge in [-0.1, -0.05) is 12.1 Å². The van der Waals surface area contributed by atoms with Gasteiger partial charge in [0, 0.05) is 51.7 Å². The van der Waals surface area contributed by atoms with Crippen LogP contribution in [0.2, 0.25) is 0 Å². The number of benzene rings is 1. The summed E-state index contributed by atoms with van der Waals surface area (Å²) in [7, 11) is 1.57. The first-order valence-corrected chi connectivity index (χ1v) is 10.8. The average Bonchev–Trinajstić information content (AvgIpc) is 3.29. The van der Waals surface area contributed by atoms with E-state index in [1.165, 1.54) is 0 Å². The Morgan fingerprint density at radius 2 is 1.91 bits per heavy atom. The van der Waals surface area contributed by atoms with Gasteiger partial charge in [0.1, 0.15) is 18.1 Å². The number of nitriles is 1. The summed E-state index contributed by atoms with van der Waals surface area (Å²) in [6.45, 7) is 4.24. The van der Waals surface area contributed by atoms with Gasteiger partial charge in [0.05, 0.1) is 30.8 Å². The van der Waals surface area contributed by atoms with Gasteiger partial charge in [-0.15, -0.1) is 0 Å². The molecule has 0 radical (unpaired) electrons. The smallest absolute Gasteiger partial charge is 0.410 e. The highest BCUT2D eigenvalue weighted by molar-refractivity contribution is 5.67. The third kappa shape index (κ3) is 5.67. The third-order valence-corrected chi connectivity index (χ3v) is 5.65. The number of pyridine rings is 1. The van der Waals surface area contributed by atoms with E-state index in [2.05, 4.69) is 25.5 Å². The monoisotopic (exact) mass is 446 g/mol. The number of imidazole rings is 1. The first-order chi connectivity index (χ1) is 16.2. The number of carbonyl (C=O) groups excluding carboxylic acids is 1. The van der Waals surface area contributed by atoms with Crippen LogP contribution in [0.5, 0.6) is 5.75 Å². The van der Waals surface area contributed by atoms with Crippen molar-refractivity contribution in [2.75, 3.05) is 33.3 Å². The molecule has 2 aromatic heterocycles. The molecule has 0 spiro atoms. The van der Waals surface area contributed by atoms with Crippen LogP contribution in [0, 0.1) is 11.3 Å². The van der Waals surface area contributed by atoms with E-state index < -0.39 is 0 Å². The van der Waals surface area contributed by atoms with Gasteiger partial charge in [0.15, 0.2) is 0 Å². The molecule has 0 atom stereocenters. The second-order valence-corrected chi connectivity index (χ2v) is 7.79. The van der Waals surface area contributed by atoms with E-state index >= 15 is 0 Å². The Morgan fingerprint density at radius 3 is 2.64 bits per heavy atom. The van der Waals surface area contributed by atoms with Crippen molar-refractivity contribution in [3.05, 3.63) is 77.6 Å². The SMILES string of the molecule is COc1cccnc1COC(=O)N1CCN(Cc2cncn2Cc2ccc(C#N)cc2)CC1. The lowest BCUT2D eigenvalue weighted by atomic mass is 10.1. The van der Waals surface area contributed by atoms with Crippen LogP contribution in [-0.4, -0.2) is 63.7 Å². The zero-order chi connectivity index (χ0) is 23.0. The first kappa shape index (κ1) is 22.3. The molecule has 1 aliphatic heterocycles. The minimum absolute atomic E-state index is 0.0809. The second kappa shape index (κ2) is 10.6. The summed E-state index contributed by atoms with van der Waals surface area (Å²) in [6.07, 6.45) is 5.02. The molecule has 9 nitrogen and oxygen atoms in total. The fourth-order valence-electron chi connectivity index (χ4n) is 3.76. The van der Waals surface area contributed by atoms with Crippen LogP contribution < -0.4 is 4.74 Å². The minimum Gasteiger partial charge on any atom is -0.495 e. The topological polar surface area (TPSA) is 96.5 Å². The van der Waals surface area contributed by atoms with Crippen LogP contribution in [0.15, 0.2) is 55.1 Å². The zero-order valence-corrected chi connectivity index (χ0v) is 18.6. The molecule has 1 aromatic carbocycles. The van der Waals surface area contributed by atoms with E-state index in [4.69, 9.17) is 14.7 Å². The molecule has 33 heavy (non-hydrogen) atoms. The van der Waals surface area contributed by atoms with E-state index in [1.54, 1.807) is 30.3 Å². The Labute approximate surface area is 192 Å². The minimum atomic E-state index is -0.340. The van der Waals surface area contributed by atoms with Gasteiger partial charge in [0.25, 0.3) is 0 Å². The molecule has 9 heteroatoms. The molecular weight excluding hydrogens is 420 g/mol. The number of methoxy groups -OCH3 is 1. The van der Waals surface area contributed by atoms with Crippen molar-refractivity contribution in [2.24, 2.45) is 0 Å². The van der Waals surface area contributed by atoms with Gasteiger partial charge >= 0.3 is 6.09 Å². The normalized spacial score (nSPS) is 14.0. The lowest BCUT2D eigenvalue weighted by Crippen LogP contribution is -2.48. The van der Waals surface area contributed by atoms with Crippen LogP contribution in [0.25, 0.3) is 0 Å². The summed E-state index contributed by atoms with van der Waals surface area (Å²) in [4.78, 5) is 25.0. The number of carbonyl (C=O) groups is 1. The predicted octanol–water partition coefficient (Wildman–Crippen LogP) is 2.66. The maximum atomic E-state index is 12.5. The second-order valence-electron chi connectivity index (χ2n) is 7.79. The molecule has 1 amide bonds. The maximum absolute atomic E-state index is 12.5. The number of nitrogens with zero attached hydrogens (tertiary/aromatic N) is 6. The van der Waals surface area contributed by atoms with Crippen LogP contribution >= 0.6 is 0 Å².